The Bertz CT molecular complexity index is 291. The Morgan fingerprint density at radius 3 is 2.60 bits per heavy atom. The molecule has 0 bridgehead atoms. The molecular weight excluding hydrogens is 213 g/mol. The van der Waals surface area contributed by atoms with Crippen LogP contribution in [0.15, 0.2) is 5.11 Å². The number of hydrogen-bond acceptors (Lipinski definition) is 2. The van der Waals surface area contributed by atoms with Crippen LogP contribution in [0.25, 0.3) is 10.4 Å². The largest absolute Gasteiger partial charge is 0.389 e. The number of nitrogens with zero attached hydrogens (tertiary/aromatic N) is 4. The Kier molecular flexibility index (Phi) is 3.41. The van der Waals surface area contributed by atoms with E-state index in [2.05, 4.69) is 10.0 Å². The quantitative estimate of drug-likeness (QED) is 0.408. The Balaban J connectivity index is 2.24. The fourth-order valence-electron chi connectivity index (χ4n) is 1.21. The summed E-state index contributed by atoms with van der Waals surface area (Å²) in [6.07, 6.45) is -5.94. The van der Waals surface area contributed by atoms with Crippen molar-refractivity contribution in [3.05, 3.63) is 10.4 Å². The molecule has 8 heteroatoms. The molecule has 0 N–H and O–H groups in total. The van der Waals surface area contributed by atoms with E-state index < -0.39 is 24.9 Å². The van der Waals surface area contributed by atoms with E-state index in [1.54, 1.807) is 0 Å². The fourth-order valence-corrected chi connectivity index (χ4v) is 1.21. The minimum Gasteiger partial charge on any atom is -0.342 e. The number of halogens is 3. The van der Waals surface area contributed by atoms with Crippen LogP contribution in [-0.2, 0) is 4.79 Å². The molecule has 5 nitrogen and oxygen atoms in total. The standard InChI is InChI=1S/C7H9F3N4O/c8-7(9,10)2-1-6(15)14-3-5(4-14)12-13-11/h5H,1-4H2. The Hall–Kier alpha value is -1.43. The molecule has 1 rings (SSSR count). The summed E-state index contributed by atoms with van der Waals surface area (Å²) in [7, 11) is 0. The van der Waals surface area contributed by atoms with Crippen LogP contribution in [0.1, 0.15) is 12.8 Å². The van der Waals surface area contributed by atoms with Gasteiger partial charge in [-0.2, -0.15) is 13.2 Å². The molecule has 0 aliphatic carbocycles. The molecule has 1 heterocycles. The SMILES string of the molecule is [N-]=[N+]=NC1CN(C(=O)CCC(F)(F)F)C1. The predicted molar refractivity (Wildman–Crippen MR) is 44.8 cm³/mol. The first-order valence-electron chi connectivity index (χ1n) is 4.31. The zero-order chi connectivity index (χ0) is 11.5. The summed E-state index contributed by atoms with van der Waals surface area (Å²) in [5.74, 6) is -0.545. The number of likely N-dealkylation sites (tertiary alicyclic amines) is 1. The van der Waals surface area contributed by atoms with Crippen LogP contribution in [-0.4, -0.2) is 36.1 Å². The molecule has 1 fully saturated rings. The summed E-state index contributed by atoms with van der Waals surface area (Å²) in [6, 6.07) is -0.287. The molecule has 0 spiro atoms. The highest BCUT2D eigenvalue weighted by atomic mass is 19.4. The first kappa shape index (κ1) is 11.6. The Morgan fingerprint density at radius 1 is 1.53 bits per heavy atom. The van der Waals surface area contributed by atoms with Gasteiger partial charge in [0, 0.05) is 24.4 Å². The van der Waals surface area contributed by atoms with Crippen molar-refractivity contribution in [1.82, 2.24) is 4.90 Å². The summed E-state index contributed by atoms with van der Waals surface area (Å²) < 4.78 is 35.3. The number of azide groups is 1. The monoisotopic (exact) mass is 222 g/mol. The van der Waals surface area contributed by atoms with Crippen molar-refractivity contribution in [3.8, 4) is 0 Å². The van der Waals surface area contributed by atoms with Gasteiger partial charge in [0.15, 0.2) is 0 Å². The number of amides is 1. The second kappa shape index (κ2) is 4.39. The van der Waals surface area contributed by atoms with E-state index in [9.17, 15) is 18.0 Å². The van der Waals surface area contributed by atoms with E-state index >= 15 is 0 Å². The summed E-state index contributed by atoms with van der Waals surface area (Å²) in [4.78, 5) is 14.9. The molecule has 1 saturated heterocycles. The average Bonchev–Trinajstić information content (AvgIpc) is 2.05. The number of hydrogen-bond donors (Lipinski definition) is 0. The third-order valence-corrected chi connectivity index (χ3v) is 2.05. The topological polar surface area (TPSA) is 69.1 Å². The molecule has 1 aliphatic heterocycles. The van der Waals surface area contributed by atoms with E-state index in [4.69, 9.17) is 5.53 Å². The van der Waals surface area contributed by atoms with Gasteiger partial charge in [-0.1, -0.05) is 5.11 Å². The van der Waals surface area contributed by atoms with Crippen LogP contribution in [0.2, 0.25) is 0 Å². The first-order chi connectivity index (χ1) is 6.92. The molecule has 0 radical (unpaired) electrons. The molecule has 0 aromatic rings. The lowest BCUT2D eigenvalue weighted by Crippen LogP contribution is -2.52. The van der Waals surface area contributed by atoms with Crippen LogP contribution in [0.4, 0.5) is 13.2 Å². The molecule has 1 amide bonds. The van der Waals surface area contributed by atoms with Gasteiger partial charge >= 0.3 is 6.18 Å². The molecule has 0 saturated carbocycles. The summed E-state index contributed by atoms with van der Waals surface area (Å²) in [5, 5.41) is 3.34. The summed E-state index contributed by atoms with van der Waals surface area (Å²) in [5.41, 5.74) is 8.04. The first-order valence-corrected chi connectivity index (χ1v) is 4.31. The Morgan fingerprint density at radius 2 is 2.13 bits per heavy atom. The third-order valence-electron chi connectivity index (χ3n) is 2.05. The fraction of sp³-hybridized carbons (Fsp3) is 0.857. The maximum Gasteiger partial charge on any atom is 0.389 e. The third kappa shape index (κ3) is 3.67. The minimum atomic E-state index is -4.30. The van der Waals surface area contributed by atoms with Crippen molar-refractivity contribution in [1.29, 1.82) is 0 Å². The number of carbonyl (C=O) groups is 1. The van der Waals surface area contributed by atoms with Gasteiger partial charge in [-0.15, -0.1) is 0 Å². The van der Waals surface area contributed by atoms with E-state index in [0.717, 1.165) is 0 Å². The maximum absolute atomic E-state index is 11.8. The van der Waals surface area contributed by atoms with Gasteiger partial charge in [-0.05, 0) is 5.53 Å². The summed E-state index contributed by atoms with van der Waals surface area (Å²) in [6.45, 7) is 0.446. The van der Waals surface area contributed by atoms with Gasteiger partial charge in [-0.3, -0.25) is 4.79 Å². The van der Waals surface area contributed by atoms with Crippen LogP contribution >= 0.6 is 0 Å². The van der Waals surface area contributed by atoms with Crippen molar-refractivity contribution in [2.45, 2.75) is 25.1 Å². The van der Waals surface area contributed by atoms with E-state index in [1.165, 1.54) is 4.90 Å². The molecule has 0 aromatic heterocycles. The van der Waals surface area contributed by atoms with Crippen molar-refractivity contribution in [2.24, 2.45) is 5.11 Å². The number of alkyl halides is 3. The highest BCUT2D eigenvalue weighted by Gasteiger charge is 2.33. The van der Waals surface area contributed by atoms with Crippen LogP contribution in [0.3, 0.4) is 0 Å². The second-order valence-corrected chi connectivity index (χ2v) is 3.27. The van der Waals surface area contributed by atoms with Crippen LogP contribution in [0.5, 0.6) is 0 Å². The summed E-state index contributed by atoms with van der Waals surface area (Å²) >= 11 is 0. The number of rotatable bonds is 3. The van der Waals surface area contributed by atoms with Crippen molar-refractivity contribution < 1.29 is 18.0 Å². The zero-order valence-electron chi connectivity index (χ0n) is 7.74. The van der Waals surface area contributed by atoms with Crippen molar-refractivity contribution >= 4 is 5.91 Å². The van der Waals surface area contributed by atoms with E-state index in [-0.39, 0.29) is 19.1 Å². The zero-order valence-corrected chi connectivity index (χ0v) is 7.74. The second-order valence-electron chi connectivity index (χ2n) is 3.27. The van der Waals surface area contributed by atoms with Gasteiger partial charge < -0.3 is 4.90 Å². The molecule has 0 aromatic carbocycles. The molecule has 0 atom stereocenters. The Labute approximate surface area is 83.5 Å². The molecular formula is C7H9F3N4O. The van der Waals surface area contributed by atoms with Gasteiger partial charge in [0.05, 0.1) is 12.5 Å². The van der Waals surface area contributed by atoms with Gasteiger partial charge in [-0.25, -0.2) is 0 Å². The molecule has 84 valence electrons. The normalized spacial score (nSPS) is 16.9. The van der Waals surface area contributed by atoms with Gasteiger partial charge in [0.2, 0.25) is 5.91 Å². The van der Waals surface area contributed by atoms with Crippen molar-refractivity contribution in [3.63, 3.8) is 0 Å². The van der Waals surface area contributed by atoms with Crippen molar-refractivity contribution in [2.75, 3.05) is 13.1 Å². The molecule has 15 heavy (non-hydrogen) atoms. The lowest BCUT2D eigenvalue weighted by molar-refractivity contribution is -0.151. The van der Waals surface area contributed by atoms with E-state index in [0.29, 0.717) is 0 Å². The maximum atomic E-state index is 11.8. The predicted octanol–water partition coefficient (Wildman–Crippen LogP) is 1.85. The highest BCUT2D eigenvalue weighted by molar-refractivity contribution is 5.77. The highest BCUT2D eigenvalue weighted by Crippen LogP contribution is 2.23. The lowest BCUT2D eigenvalue weighted by Gasteiger charge is -2.36. The minimum absolute atomic E-state index is 0.223. The van der Waals surface area contributed by atoms with Gasteiger partial charge in [0.25, 0.3) is 0 Å². The molecule has 0 unspecified atom stereocenters. The van der Waals surface area contributed by atoms with E-state index in [1.807, 2.05) is 0 Å². The van der Waals surface area contributed by atoms with Gasteiger partial charge in [0.1, 0.15) is 0 Å². The van der Waals surface area contributed by atoms with Crippen LogP contribution < -0.4 is 0 Å². The number of carbonyl (C=O) groups excluding carboxylic acids is 1. The average molecular weight is 222 g/mol. The molecule has 1 aliphatic rings. The smallest absolute Gasteiger partial charge is 0.342 e. The lowest BCUT2D eigenvalue weighted by atomic mass is 10.1. The van der Waals surface area contributed by atoms with Crippen LogP contribution in [0, 0.1) is 0 Å².